The molecule has 106 valence electrons. The zero-order valence-corrected chi connectivity index (χ0v) is 12.4. The van der Waals surface area contributed by atoms with Gasteiger partial charge in [0.1, 0.15) is 0 Å². The standard InChI is InChI=1S/C12H19N3O2S2/c16-19(17,8-9-3-5-13-6-4-9)15-12-14-11(7-18-12)10-1-2-10/h7,9-10,13H,1-6,8H2,(H,14,15). The normalized spacial score (nSPS) is 21.5. The molecule has 0 amide bonds. The molecule has 5 nitrogen and oxygen atoms in total. The molecule has 1 saturated heterocycles. The summed E-state index contributed by atoms with van der Waals surface area (Å²) < 4.78 is 26.8. The number of thiazole rings is 1. The van der Waals surface area contributed by atoms with Crippen molar-refractivity contribution in [2.75, 3.05) is 23.6 Å². The highest BCUT2D eigenvalue weighted by molar-refractivity contribution is 7.92. The van der Waals surface area contributed by atoms with E-state index in [1.165, 1.54) is 24.2 Å². The Morgan fingerprint density at radius 2 is 2.05 bits per heavy atom. The van der Waals surface area contributed by atoms with Crippen molar-refractivity contribution in [2.45, 2.75) is 31.6 Å². The Kier molecular flexibility index (Phi) is 3.77. The Bertz CT molecular complexity index is 531. The molecule has 1 saturated carbocycles. The fourth-order valence-electron chi connectivity index (χ4n) is 2.43. The van der Waals surface area contributed by atoms with Gasteiger partial charge in [0.2, 0.25) is 10.0 Å². The van der Waals surface area contributed by atoms with Crippen LogP contribution in [0.25, 0.3) is 0 Å². The second-order valence-corrected chi connectivity index (χ2v) is 8.05. The maximum atomic E-state index is 12.1. The topological polar surface area (TPSA) is 71.1 Å². The van der Waals surface area contributed by atoms with E-state index in [1.54, 1.807) is 0 Å². The predicted molar refractivity (Wildman–Crippen MR) is 77.1 cm³/mol. The van der Waals surface area contributed by atoms with Crippen molar-refractivity contribution >= 4 is 26.5 Å². The van der Waals surface area contributed by atoms with E-state index >= 15 is 0 Å². The molecule has 2 N–H and O–H groups in total. The van der Waals surface area contributed by atoms with E-state index in [2.05, 4.69) is 15.0 Å². The summed E-state index contributed by atoms with van der Waals surface area (Å²) in [6, 6.07) is 0. The van der Waals surface area contributed by atoms with Gasteiger partial charge in [-0.2, -0.15) is 0 Å². The number of rotatable bonds is 5. The van der Waals surface area contributed by atoms with Gasteiger partial charge in [-0.05, 0) is 44.7 Å². The molecule has 1 aromatic heterocycles. The van der Waals surface area contributed by atoms with E-state index in [1.807, 2.05) is 5.38 Å². The van der Waals surface area contributed by atoms with Crippen LogP contribution in [-0.4, -0.2) is 32.2 Å². The molecule has 2 fully saturated rings. The minimum atomic E-state index is -3.26. The summed E-state index contributed by atoms with van der Waals surface area (Å²) in [4.78, 5) is 4.37. The zero-order chi connectivity index (χ0) is 13.3. The molecule has 7 heteroatoms. The van der Waals surface area contributed by atoms with E-state index in [0.29, 0.717) is 11.0 Å². The number of nitrogens with one attached hydrogen (secondary N) is 2. The quantitative estimate of drug-likeness (QED) is 0.869. The van der Waals surface area contributed by atoms with E-state index in [4.69, 9.17) is 0 Å². The minimum Gasteiger partial charge on any atom is -0.317 e. The third-order valence-electron chi connectivity index (χ3n) is 3.67. The Labute approximate surface area is 117 Å². The molecule has 2 aliphatic rings. The number of nitrogens with zero attached hydrogens (tertiary/aromatic N) is 1. The van der Waals surface area contributed by atoms with Gasteiger partial charge in [0.15, 0.2) is 5.13 Å². The molecular weight excluding hydrogens is 282 g/mol. The van der Waals surface area contributed by atoms with Crippen LogP contribution in [-0.2, 0) is 10.0 Å². The first-order chi connectivity index (χ1) is 9.12. The van der Waals surface area contributed by atoms with Gasteiger partial charge in [-0.3, -0.25) is 4.72 Å². The van der Waals surface area contributed by atoms with E-state index in [9.17, 15) is 8.42 Å². The van der Waals surface area contributed by atoms with Crippen LogP contribution in [0.1, 0.15) is 37.3 Å². The fraction of sp³-hybridized carbons (Fsp3) is 0.750. The highest BCUT2D eigenvalue weighted by Gasteiger charge is 2.27. The van der Waals surface area contributed by atoms with Gasteiger partial charge in [0.05, 0.1) is 11.4 Å². The maximum Gasteiger partial charge on any atom is 0.234 e. The summed E-state index contributed by atoms with van der Waals surface area (Å²) >= 11 is 1.39. The number of sulfonamides is 1. The summed E-state index contributed by atoms with van der Waals surface area (Å²) in [6.45, 7) is 1.84. The summed E-state index contributed by atoms with van der Waals surface area (Å²) in [6.07, 6.45) is 4.24. The van der Waals surface area contributed by atoms with Gasteiger partial charge < -0.3 is 5.32 Å². The van der Waals surface area contributed by atoms with Gasteiger partial charge in [0.25, 0.3) is 0 Å². The van der Waals surface area contributed by atoms with Gasteiger partial charge in [0, 0.05) is 11.3 Å². The van der Waals surface area contributed by atoms with Crippen molar-refractivity contribution in [3.8, 4) is 0 Å². The van der Waals surface area contributed by atoms with Crippen molar-refractivity contribution in [3.63, 3.8) is 0 Å². The molecule has 2 heterocycles. The van der Waals surface area contributed by atoms with Crippen LogP contribution in [0.4, 0.5) is 5.13 Å². The lowest BCUT2D eigenvalue weighted by Gasteiger charge is -2.22. The van der Waals surface area contributed by atoms with Crippen molar-refractivity contribution in [1.82, 2.24) is 10.3 Å². The van der Waals surface area contributed by atoms with Crippen molar-refractivity contribution in [1.29, 1.82) is 0 Å². The highest BCUT2D eigenvalue weighted by atomic mass is 32.2. The van der Waals surface area contributed by atoms with Gasteiger partial charge in [-0.1, -0.05) is 0 Å². The maximum absolute atomic E-state index is 12.1. The van der Waals surface area contributed by atoms with Crippen LogP contribution in [0, 0.1) is 5.92 Å². The molecule has 0 atom stereocenters. The average Bonchev–Trinajstić information content (AvgIpc) is 3.11. The lowest BCUT2D eigenvalue weighted by atomic mass is 10.0. The molecule has 0 spiro atoms. The third-order valence-corrected chi connectivity index (χ3v) is 5.99. The molecule has 0 aromatic carbocycles. The van der Waals surface area contributed by atoms with Gasteiger partial charge in [-0.25, -0.2) is 13.4 Å². The Balaban J connectivity index is 1.59. The number of piperidine rings is 1. The first-order valence-corrected chi connectivity index (χ1v) is 9.32. The average molecular weight is 301 g/mol. The summed E-state index contributed by atoms with van der Waals surface area (Å²) in [5, 5.41) is 5.74. The lowest BCUT2D eigenvalue weighted by Crippen LogP contribution is -2.33. The number of aromatic nitrogens is 1. The van der Waals surface area contributed by atoms with E-state index in [-0.39, 0.29) is 11.7 Å². The minimum absolute atomic E-state index is 0.215. The monoisotopic (exact) mass is 301 g/mol. The van der Waals surface area contributed by atoms with Crippen LogP contribution in [0.5, 0.6) is 0 Å². The van der Waals surface area contributed by atoms with Crippen LogP contribution in [0.3, 0.4) is 0 Å². The molecular formula is C12H19N3O2S2. The summed E-state index contributed by atoms with van der Waals surface area (Å²) in [5.41, 5.74) is 1.05. The van der Waals surface area contributed by atoms with Crippen molar-refractivity contribution < 1.29 is 8.42 Å². The van der Waals surface area contributed by atoms with Crippen molar-refractivity contribution in [3.05, 3.63) is 11.1 Å². The SMILES string of the molecule is O=S(=O)(CC1CCNCC1)Nc1nc(C2CC2)cs1. The Hall–Kier alpha value is -0.660. The number of hydrogen-bond acceptors (Lipinski definition) is 5. The highest BCUT2D eigenvalue weighted by Crippen LogP contribution is 2.41. The Morgan fingerprint density at radius 3 is 2.74 bits per heavy atom. The number of anilines is 1. The molecule has 1 aromatic rings. The molecule has 0 unspecified atom stereocenters. The smallest absolute Gasteiger partial charge is 0.234 e. The van der Waals surface area contributed by atoms with Crippen LogP contribution in [0.2, 0.25) is 0 Å². The first kappa shape index (κ1) is 13.3. The summed E-state index contributed by atoms with van der Waals surface area (Å²) in [7, 11) is -3.26. The van der Waals surface area contributed by atoms with Crippen LogP contribution in [0.15, 0.2) is 5.38 Å². The van der Waals surface area contributed by atoms with E-state index in [0.717, 1.165) is 31.6 Å². The second-order valence-electron chi connectivity index (χ2n) is 5.43. The molecule has 1 aliphatic carbocycles. The molecule has 19 heavy (non-hydrogen) atoms. The van der Waals surface area contributed by atoms with Crippen molar-refractivity contribution in [2.24, 2.45) is 5.92 Å². The zero-order valence-electron chi connectivity index (χ0n) is 10.8. The first-order valence-electron chi connectivity index (χ1n) is 6.79. The van der Waals surface area contributed by atoms with Gasteiger partial charge in [-0.15, -0.1) is 11.3 Å². The third kappa shape index (κ3) is 3.67. The largest absolute Gasteiger partial charge is 0.317 e. The number of hydrogen-bond donors (Lipinski definition) is 2. The summed E-state index contributed by atoms with van der Waals surface area (Å²) in [5.74, 6) is 1.05. The van der Waals surface area contributed by atoms with Gasteiger partial charge >= 0.3 is 0 Å². The molecule has 0 bridgehead atoms. The Morgan fingerprint density at radius 1 is 1.32 bits per heavy atom. The lowest BCUT2D eigenvalue weighted by molar-refractivity contribution is 0.402. The van der Waals surface area contributed by atoms with E-state index < -0.39 is 10.0 Å². The molecule has 1 aliphatic heterocycles. The second kappa shape index (κ2) is 5.38. The predicted octanol–water partition coefficient (Wildman–Crippen LogP) is 1.76. The van der Waals surface area contributed by atoms with Crippen LogP contribution < -0.4 is 10.0 Å². The van der Waals surface area contributed by atoms with Crippen LogP contribution >= 0.6 is 11.3 Å². The molecule has 0 radical (unpaired) electrons. The molecule has 3 rings (SSSR count). The fourth-order valence-corrected chi connectivity index (χ4v) is 4.99.